The Bertz CT molecular complexity index is 484. The average molecular weight is 276 g/mol. The first-order valence-electron chi connectivity index (χ1n) is 6.40. The van der Waals surface area contributed by atoms with Gasteiger partial charge in [-0.1, -0.05) is 41.9 Å². The minimum absolute atomic E-state index is 0.318. The van der Waals surface area contributed by atoms with E-state index in [2.05, 4.69) is 12.1 Å². The van der Waals surface area contributed by atoms with Gasteiger partial charge in [0.25, 0.3) is 0 Å². The third-order valence-corrected chi connectivity index (χ3v) is 3.25. The summed E-state index contributed by atoms with van der Waals surface area (Å²) < 4.78 is 5.75. The molecule has 0 bridgehead atoms. The summed E-state index contributed by atoms with van der Waals surface area (Å²) >= 11 is 5.83. The fourth-order valence-electron chi connectivity index (χ4n) is 1.90. The van der Waals surface area contributed by atoms with Gasteiger partial charge in [-0.25, -0.2) is 0 Å². The Morgan fingerprint density at radius 3 is 2.32 bits per heavy atom. The van der Waals surface area contributed by atoms with Gasteiger partial charge in [-0.2, -0.15) is 0 Å². The van der Waals surface area contributed by atoms with Crippen LogP contribution in [0.25, 0.3) is 0 Å². The van der Waals surface area contributed by atoms with Crippen LogP contribution >= 0.6 is 11.6 Å². The van der Waals surface area contributed by atoms with Crippen molar-refractivity contribution in [2.24, 2.45) is 11.7 Å². The normalized spacial score (nSPS) is 12.1. The molecule has 100 valence electrons. The van der Waals surface area contributed by atoms with Gasteiger partial charge in [0.1, 0.15) is 5.75 Å². The van der Waals surface area contributed by atoms with E-state index < -0.39 is 0 Å². The largest absolute Gasteiger partial charge is 0.493 e. The van der Waals surface area contributed by atoms with Crippen molar-refractivity contribution < 1.29 is 4.74 Å². The van der Waals surface area contributed by atoms with Crippen LogP contribution in [0.1, 0.15) is 5.56 Å². The van der Waals surface area contributed by atoms with Crippen LogP contribution < -0.4 is 10.5 Å². The van der Waals surface area contributed by atoms with Crippen LogP contribution in [-0.4, -0.2) is 13.2 Å². The van der Waals surface area contributed by atoms with Crippen molar-refractivity contribution in [3.05, 3.63) is 65.2 Å². The van der Waals surface area contributed by atoms with E-state index in [9.17, 15) is 0 Å². The second kappa shape index (κ2) is 7.17. The topological polar surface area (TPSA) is 35.2 Å². The number of hydrogen-bond acceptors (Lipinski definition) is 2. The Morgan fingerprint density at radius 1 is 1.00 bits per heavy atom. The Kier molecular flexibility index (Phi) is 5.25. The molecule has 2 aromatic carbocycles. The lowest BCUT2D eigenvalue weighted by Gasteiger charge is -2.16. The fraction of sp³-hybridized carbons (Fsp3) is 0.250. The highest BCUT2D eigenvalue weighted by molar-refractivity contribution is 6.30. The maximum Gasteiger partial charge on any atom is 0.119 e. The molecular weight excluding hydrogens is 258 g/mol. The summed E-state index contributed by atoms with van der Waals surface area (Å²) in [4.78, 5) is 0. The highest BCUT2D eigenvalue weighted by Gasteiger charge is 2.09. The predicted molar refractivity (Wildman–Crippen MR) is 79.6 cm³/mol. The first-order chi connectivity index (χ1) is 9.28. The summed E-state index contributed by atoms with van der Waals surface area (Å²) in [6, 6.07) is 17.7. The molecule has 2 nitrogen and oxygen atoms in total. The van der Waals surface area contributed by atoms with Gasteiger partial charge in [-0.3, -0.25) is 0 Å². The second-order valence-electron chi connectivity index (χ2n) is 4.56. The smallest absolute Gasteiger partial charge is 0.119 e. The number of hydrogen-bond donors (Lipinski definition) is 1. The number of nitrogens with two attached hydrogens (primary N) is 1. The lowest BCUT2D eigenvalue weighted by atomic mass is 10.0. The second-order valence-corrected chi connectivity index (χ2v) is 4.99. The molecule has 0 aliphatic rings. The Balaban J connectivity index is 1.87. The quantitative estimate of drug-likeness (QED) is 0.875. The molecule has 0 fully saturated rings. The molecule has 0 saturated heterocycles. The van der Waals surface area contributed by atoms with E-state index in [0.29, 0.717) is 24.1 Å². The molecule has 0 saturated carbocycles. The van der Waals surface area contributed by atoms with E-state index in [-0.39, 0.29) is 0 Å². The molecule has 2 rings (SSSR count). The van der Waals surface area contributed by atoms with Gasteiger partial charge in [-0.15, -0.1) is 0 Å². The molecule has 1 unspecified atom stereocenters. The maximum absolute atomic E-state index is 5.83. The molecule has 0 aliphatic heterocycles. The van der Waals surface area contributed by atoms with Crippen molar-refractivity contribution in [2.75, 3.05) is 13.2 Å². The first-order valence-corrected chi connectivity index (χ1v) is 6.78. The van der Waals surface area contributed by atoms with Gasteiger partial charge in [-0.05, 0) is 42.8 Å². The fourth-order valence-corrected chi connectivity index (χ4v) is 2.03. The first kappa shape index (κ1) is 13.9. The SMILES string of the molecule is NCC(COc1ccc(Cl)cc1)Cc1ccccc1. The summed E-state index contributed by atoms with van der Waals surface area (Å²) in [6.45, 7) is 1.23. The van der Waals surface area contributed by atoms with E-state index in [0.717, 1.165) is 12.2 Å². The van der Waals surface area contributed by atoms with Crippen LogP contribution in [0.15, 0.2) is 54.6 Å². The maximum atomic E-state index is 5.83. The molecule has 0 radical (unpaired) electrons. The lowest BCUT2D eigenvalue weighted by Crippen LogP contribution is -2.23. The average Bonchev–Trinajstić information content (AvgIpc) is 2.46. The zero-order chi connectivity index (χ0) is 13.5. The van der Waals surface area contributed by atoms with Gasteiger partial charge in [0.05, 0.1) is 6.61 Å². The lowest BCUT2D eigenvalue weighted by molar-refractivity contribution is 0.252. The van der Waals surface area contributed by atoms with Crippen molar-refractivity contribution in [3.63, 3.8) is 0 Å². The molecule has 19 heavy (non-hydrogen) atoms. The zero-order valence-electron chi connectivity index (χ0n) is 10.8. The third kappa shape index (κ3) is 4.58. The molecule has 2 aromatic rings. The number of benzene rings is 2. The van der Waals surface area contributed by atoms with Crippen molar-refractivity contribution in [1.29, 1.82) is 0 Å². The van der Waals surface area contributed by atoms with Gasteiger partial charge >= 0.3 is 0 Å². The minimum Gasteiger partial charge on any atom is -0.493 e. The number of ether oxygens (including phenoxy) is 1. The molecule has 1 atom stereocenters. The monoisotopic (exact) mass is 275 g/mol. The van der Waals surface area contributed by atoms with Crippen molar-refractivity contribution >= 4 is 11.6 Å². The van der Waals surface area contributed by atoms with Gasteiger partial charge < -0.3 is 10.5 Å². The Morgan fingerprint density at radius 2 is 1.68 bits per heavy atom. The van der Waals surface area contributed by atoms with E-state index in [1.54, 1.807) is 0 Å². The summed E-state index contributed by atoms with van der Waals surface area (Å²) in [5.74, 6) is 1.15. The van der Waals surface area contributed by atoms with Crippen LogP contribution in [0.2, 0.25) is 5.02 Å². The summed E-state index contributed by atoms with van der Waals surface area (Å²) in [5, 5.41) is 0.715. The molecule has 0 spiro atoms. The van der Waals surface area contributed by atoms with Crippen molar-refractivity contribution in [2.45, 2.75) is 6.42 Å². The van der Waals surface area contributed by atoms with Crippen LogP contribution in [-0.2, 0) is 6.42 Å². The molecule has 2 N–H and O–H groups in total. The highest BCUT2D eigenvalue weighted by atomic mass is 35.5. The van der Waals surface area contributed by atoms with Crippen LogP contribution in [0, 0.1) is 5.92 Å². The van der Waals surface area contributed by atoms with Gasteiger partial charge in [0.15, 0.2) is 0 Å². The van der Waals surface area contributed by atoms with E-state index in [1.807, 2.05) is 42.5 Å². The summed E-state index contributed by atoms with van der Waals surface area (Å²) in [6.07, 6.45) is 0.935. The number of halogens is 1. The Hall–Kier alpha value is -1.51. The summed E-state index contributed by atoms with van der Waals surface area (Å²) in [5.41, 5.74) is 7.10. The molecule has 0 aromatic heterocycles. The molecule has 0 heterocycles. The third-order valence-electron chi connectivity index (χ3n) is 3.00. The minimum atomic E-state index is 0.318. The molecule has 0 amide bonds. The van der Waals surface area contributed by atoms with Crippen molar-refractivity contribution in [3.8, 4) is 5.75 Å². The summed E-state index contributed by atoms with van der Waals surface area (Å²) in [7, 11) is 0. The van der Waals surface area contributed by atoms with E-state index in [4.69, 9.17) is 22.1 Å². The van der Waals surface area contributed by atoms with Gasteiger partial charge in [0.2, 0.25) is 0 Å². The zero-order valence-corrected chi connectivity index (χ0v) is 11.5. The van der Waals surface area contributed by atoms with Crippen LogP contribution in [0.4, 0.5) is 0 Å². The molecular formula is C16H18ClNO. The van der Waals surface area contributed by atoms with Crippen LogP contribution in [0.3, 0.4) is 0 Å². The van der Waals surface area contributed by atoms with E-state index in [1.165, 1.54) is 5.56 Å². The highest BCUT2D eigenvalue weighted by Crippen LogP contribution is 2.17. The standard InChI is InChI=1S/C16H18ClNO/c17-15-6-8-16(9-7-15)19-12-14(11-18)10-13-4-2-1-3-5-13/h1-9,14H,10-12,18H2. The van der Waals surface area contributed by atoms with Gasteiger partial charge in [0, 0.05) is 10.9 Å². The van der Waals surface area contributed by atoms with Crippen LogP contribution in [0.5, 0.6) is 5.75 Å². The Labute approximate surface area is 119 Å². The predicted octanol–water partition coefficient (Wildman–Crippen LogP) is 3.54. The van der Waals surface area contributed by atoms with Crippen molar-refractivity contribution in [1.82, 2.24) is 0 Å². The van der Waals surface area contributed by atoms with E-state index >= 15 is 0 Å². The number of rotatable bonds is 6. The molecule has 0 aliphatic carbocycles. The molecule has 3 heteroatoms.